The maximum atomic E-state index is 4.97. The van der Waals surface area contributed by atoms with Crippen molar-refractivity contribution in [3.05, 3.63) is 58.6 Å². The maximum absolute atomic E-state index is 4.97. The molecule has 1 saturated carbocycles. The summed E-state index contributed by atoms with van der Waals surface area (Å²) < 4.78 is 0. The summed E-state index contributed by atoms with van der Waals surface area (Å²) in [4.78, 5) is 9.31. The Balaban J connectivity index is 0.000000745. The van der Waals surface area contributed by atoms with E-state index in [0.29, 0.717) is 0 Å². The monoisotopic (exact) mass is 388 g/mol. The Bertz CT molecular complexity index is 433. The molecule has 1 aliphatic rings. The molecule has 2 nitrogen and oxygen atoms in total. The van der Waals surface area contributed by atoms with Gasteiger partial charge in [0.1, 0.15) is 0 Å². The van der Waals surface area contributed by atoms with E-state index in [9.17, 15) is 0 Å². The van der Waals surface area contributed by atoms with E-state index in [0.717, 1.165) is 5.82 Å². The van der Waals surface area contributed by atoms with E-state index in [1.165, 1.54) is 29.2 Å². The third kappa shape index (κ3) is 4.98. The molecule has 1 aromatic rings. The molecule has 0 amide bonds. The van der Waals surface area contributed by atoms with Crippen LogP contribution in [0, 0.1) is 29.2 Å². The van der Waals surface area contributed by atoms with Gasteiger partial charge in [0.25, 0.3) is 0 Å². The van der Waals surface area contributed by atoms with Crippen LogP contribution in [-0.2, 0) is 17.0 Å². The van der Waals surface area contributed by atoms with Crippen LogP contribution < -0.4 is 0 Å². The second kappa shape index (κ2) is 9.08. The van der Waals surface area contributed by atoms with Gasteiger partial charge in [-0.3, -0.25) is 0 Å². The fourth-order valence-electron chi connectivity index (χ4n) is 2.90. The standard InChI is InChI=1S/C16H22N2Si.2ClH.Ti/c1-11-12(2)14(4)16(13(11)3)19(5,6)18-15-9-7-8-10-17-15;;;/h7-10H,1-6H3;2*1H;/q-1;;;+2/p-2. The normalized spacial score (nSPS) is 18.9. The Kier molecular flexibility index (Phi) is 8.46. The van der Waals surface area contributed by atoms with Gasteiger partial charge in [-0.15, -0.1) is 0 Å². The molecule has 0 saturated heterocycles. The van der Waals surface area contributed by atoms with Crippen LogP contribution >= 0.6 is 18.6 Å². The summed E-state index contributed by atoms with van der Waals surface area (Å²) in [5.41, 5.74) is 1.48. The quantitative estimate of drug-likeness (QED) is 0.568. The molecule has 2 rings (SSSR count). The Morgan fingerprint density at radius 2 is 1.45 bits per heavy atom. The summed E-state index contributed by atoms with van der Waals surface area (Å²) in [5.74, 6) is 6.54. The topological polar surface area (TPSA) is 27.0 Å². The van der Waals surface area contributed by atoms with E-state index in [1.54, 1.807) is 0 Å². The van der Waals surface area contributed by atoms with Crippen molar-refractivity contribution in [3.8, 4) is 0 Å². The van der Waals surface area contributed by atoms with Gasteiger partial charge in [-0.2, -0.15) is 0 Å². The molecule has 22 heavy (non-hydrogen) atoms. The van der Waals surface area contributed by atoms with Crippen molar-refractivity contribution in [2.75, 3.05) is 0 Å². The van der Waals surface area contributed by atoms with Crippen LogP contribution in [0.1, 0.15) is 27.7 Å². The molecule has 0 bridgehead atoms. The van der Waals surface area contributed by atoms with Gasteiger partial charge in [-0.05, 0) is 29.2 Å². The number of halogens is 2. The summed E-state index contributed by atoms with van der Waals surface area (Å²) in [6.07, 6.45) is 1.81. The fraction of sp³-hybridized carbons (Fsp3) is 0.375. The summed E-state index contributed by atoms with van der Waals surface area (Å²) in [5, 5.41) is 0. The first-order valence-corrected chi connectivity index (χ1v) is 14.3. The second-order valence-corrected chi connectivity index (χ2v) is 12.2. The van der Waals surface area contributed by atoms with E-state index in [1.807, 2.05) is 24.4 Å². The molecule has 0 spiro atoms. The first-order chi connectivity index (χ1) is 10.3. The Hall–Kier alpha value is 0.461. The van der Waals surface area contributed by atoms with Crippen molar-refractivity contribution in [3.63, 3.8) is 0 Å². The first kappa shape index (κ1) is 20.5. The molecule has 1 aliphatic carbocycles. The van der Waals surface area contributed by atoms with Gasteiger partial charge in [0, 0.05) is 0 Å². The molecule has 0 aliphatic heterocycles. The van der Waals surface area contributed by atoms with Crippen molar-refractivity contribution in [2.45, 2.75) is 40.8 Å². The molecule has 0 atom stereocenters. The number of aromatic nitrogens is 1. The Morgan fingerprint density at radius 1 is 0.955 bits per heavy atom. The fourth-order valence-corrected chi connectivity index (χ4v) is 5.93. The Morgan fingerprint density at radius 3 is 1.86 bits per heavy atom. The minimum atomic E-state index is -1.86. The zero-order chi connectivity index (χ0) is 16.9. The molecular formula is C16H22Cl2N2SiTi-. The van der Waals surface area contributed by atoms with Crippen molar-refractivity contribution in [1.82, 2.24) is 4.98 Å². The van der Waals surface area contributed by atoms with E-state index in [2.05, 4.69) is 45.8 Å². The van der Waals surface area contributed by atoms with Crippen LogP contribution in [0.2, 0.25) is 13.1 Å². The van der Waals surface area contributed by atoms with Crippen LogP contribution in [0.5, 0.6) is 0 Å². The first-order valence-electron chi connectivity index (χ1n) is 7.10. The molecular weight excluding hydrogens is 367 g/mol. The zero-order valence-electron chi connectivity index (χ0n) is 14.0. The van der Waals surface area contributed by atoms with Gasteiger partial charge < -0.3 is 9.97 Å². The summed E-state index contributed by atoms with van der Waals surface area (Å²) in [7, 11) is 7.92. The molecule has 0 aromatic carbocycles. The third-order valence-corrected chi connectivity index (χ3v) is 6.85. The van der Waals surface area contributed by atoms with E-state index < -0.39 is 25.3 Å². The predicted molar refractivity (Wildman–Crippen MR) is 95.4 cm³/mol. The summed E-state index contributed by atoms with van der Waals surface area (Å²) in [6.45, 7) is 13.5. The van der Waals surface area contributed by atoms with Crippen LogP contribution in [0.15, 0.2) is 24.4 Å². The molecule has 0 N–H and O–H groups in total. The van der Waals surface area contributed by atoms with Crippen molar-refractivity contribution in [2.24, 2.45) is 0 Å². The number of hydrogen-bond donors (Lipinski definition) is 0. The summed E-state index contributed by atoms with van der Waals surface area (Å²) >= 11 is -0.556. The molecule has 119 valence electrons. The molecule has 5 radical (unpaired) electrons. The average molecular weight is 389 g/mol. The third-order valence-electron chi connectivity index (χ3n) is 4.09. The van der Waals surface area contributed by atoms with Gasteiger partial charge in [-0.1, -0.05) is 71.0 Å². The average Bonchev–Trinajstić information content (AvgIpc) is 2.65. The second-order valence-electron chi connectivity index (χ2n) is 5.81. The molecule has 1 heterocycles. The molecule has 6 heteroatoms. The van der Waals surface area contributed by atoms with E-state index in [-0.39, 0.29) is 0 Å². The summed E-state index contributed by atoms with van der Waals surface area (Å²) in [6, 6.07) is 5.92. The van der Waals surface area contributed by atoms with E-state index >= 15 is 0 Å². The van der Waals surface area contributed by atoms with Crippen LogP contribution in [0.25, 0.3) is 4.98 Å². The number of pyridine rings is 1. The van der Waals surface area contributed by atoms with E-state index in [4.69, 9.17) is 23.6 Å². The molecule has 1 aromatic heterocycles. The zero-order valence-corrected chi connectivity index (χ0v) is 18.0. The van der Waals surface area contributed by atoms with Gasteiger partial charge in [0.15, 0.2) is 0 Å². The van der Waals surface area contributed by atoms with Gasteiger partial charge in [-0.25, -0.2) is 0 Å². The SMILES string of the molecule is C[C]1[C](C)[C](C)[C]([Si](C)(C)[N-]c2ccccn2)[C]1C.[Cl][Ti][Cl]. The van der Waals surface area contributed by atoms with Crippen molar-refractivity contribution in [1.29, 1.82) is 0 Å². The van der Waals surface area contributed by atoms with Crippen molar-refractivity contribution >= 4 is 32.7 Å². The van der Waals surface area contributed by atoms with Crippen LogP contribution in [0.4, 0.5) is 5.82 Å². The van der Waals surface area contributed by atoms with Gasteiger partial charge >= 0.3 is 35.6 Å². The Labute approximate surface area is 153 Å². The number of rotatable bonds is 3. The number of nitrogens with zero attached hydrogens (tertiary/aromatic N) is 2. The number of hydrogen-bond acceptors (Lipinski definition) is 1. The van der Waals surface area contributed by atoms with Crippen LogP contribution in [-0.4, -0.2) is 13.2 Å². The minimum absolute atomic E-state index is 0.556. The molecule has 1 fully saturated rings. The predicted octanol–water partition coefficient (Wildman–Crippen LogP) is 6.17. The van der Waals surface area contributed by atoms with Gasteiger partial charge in [0.05, 0.1) is 8.24 Å². The van der Waals surface area contributed by atoms with Crippen LogP contribution in [0.3, 0.4) is 0 Å². The van der Waals surface area contributed by atoms with Gasteiger partial charge in [0.2, 0.25) is 0 Å². The van der Waals surface area contributed by atoms with Crippen molar-refractivity contribution < 1.29 is 17.0 Å². The molecule has 0 unspecified atom stereocenters.